The summed E-state index contributed by atoms with van der Waals surface area (Å²) in [6.45, 7) is -1.14. The van der Waals surface area contributed by atoms with Crippen molar-refractivity contribution < 1.29 is 61.4 Å². The van der Waals surface area contributed by atoms with Crippen LogP contribution in [0.2, 0.25) is 0 Å². The van der Waals surface area contributed by atoms with Gasteiger partial charge < -0.3 is 49.3 Å². The van der Waals surface area contributed by atoms with Crippen LogP contribution in [0.1, 0.15) is 6.23 Å². The zero-order valence-corrected chi connectivity index (χ0v) is 16.5. The molecule has 29 heavy (non-hydrogen) atoms. The number of nitrogen functional groups attached to an aromatic ring is 1. The molecular formula is C9H12N3O14P3-4. The summed E-state index contributed by atoms with van der Waals surface area (Å²) in [6.07, 6.45) is -5.66. The van der Waals surface area contributed by atoms with Gasteiger partial charge in [0.15, 0.2) is 6.23 Å². The number of aliphatic hydroxyl groups is 2. The Labute approximate surface area is 160 Å². The van der Waals surface area contributed by atoms with Crippen molar-refractivity contribution in [1.82, 2.24) is 9.55 Å². The maximum absolute atomic E-state index is 11.8. The number of rotatable bonds is 8. The highest BCUT2D eigenvalue weighted by atomic mass is 31.3. The van der Waals surface area contributed by atoms with Gasteiger partial charge in [-0.2, -0.15) is 4.98 Å². The van der Waals surface area contributed by atoms with Gasteiger partial charge in [-0.1, -0.05) is 0 Å². The third kappa shape index (κ3) is 6.73. The molecule has 17 nitrogen and oxygen atoms in total. The van der Waals surface area contributed by atoms with E-state index in [-0.39, 0.29) is 5.82 Å². The molecule has 0 aliphatic carbocycles. The van der Waals surface area contributed by atoms with Gasteiger partial charge in [-0.05, 0) is 6.07 Å². The number of nitrogens with zero attached hydrogens (tertiary/aromatic N) is 2. The number of phosphoric ester groups is 1. The lowest BCUT2D eigenvalue weighted by molar-refractivity contribution is -0.339. The first kappa shape index (κ1) is 24.2. The summed E-state index contributed by atoms with van der Waals surface area (Å²) >= 11 is 0. The third-order valence-corrected chi connectivity index (χ3v) is 6.93. The van der Waals surface area contributed by atoms with E-state index in [1.54, 1.807) is 0 Å². The van der Waals surface area contributed by atoms with Crippen LogP contribution in [0.15, 0.2) is 17.1 Å². The number of phosphoric acid groups is 3. The molecule has 6 atom stereocenters. The van der Waals surface area contributed by atoms with E-state index in [0.29, 0.717) is 0 Å². The molecule has 0 aromatic carbocycles. The molecule has 1 aliphatic rings. The smallest absolute Gasteiger partial charge is 0.351 e. The SMILES string of the molecule is Nc1ccn(C2OC(COP(=O)([O-])OP(=O)([O-])OP(=O)([O-])[O-])C(O)C2O)c(=O)n1. The molecule has 4 N–H and O–H groups in total. The van der Waals surface area contributed by atoms with Crippen molar-refractivity contribution in [1.29, 1.82) is 0 Å². The van der Waals surface area contributed by atoms with Crippen LogP contribution in [0.25, 0.3) is 0 Å². The molecule has 0 amide bonds. The van der Waals surface area contributed by atoms with Gasteiger partial charge >= 0.3 is 5.69 Å². The Balaban J connectivity index is 2.05. The summed E-state index contributed by atoms with van der Waals surface area (Å²) in [5.41, 5.74) is 4.34. The molecule has 166 valence electrons. The van der Waals surface area contributed by atoms with Crippen molar-refractivity contribution in [2.75, 3.05) is 12.3 Å². The lowest BCUT2D eigenvalue weighted by Gasteiger charge is -2.37. The minimum atomic E-state index is -6.15. The fourth-order valence-corrected chi connectivity index (χ4v) is 5.03. The number of hydrogen-bond acceptors (Lipinski definition) is 16. The van der Waals surface area contributed by atoms with Gasteiger partial charge in [0.25, 0.3) is 15.6 Å². The highest BCUT2D eigenvalue weighted by molar-refractivity contribution is 7.64. The molecule has 0 saturated carbocycles. The van der Waals surface area contributed by atoms with Gasteiger partial charge in [-0.3, -0.25) is 18.0 Å². The molecule has 6 unspecified atom stereocenters. The monoisotopic (exact) mass is 479 g/mol. The quantitative estimate of drug-likeness (QED) is 0.295. The summed E-state index contributed by atoms with van der Waals surface area (Å²) in [7, 11) is -18.1. The summed E-state index contributed by atoms with van der Waals surface area (Å²) in [6, 6.07) is 1.17. The predicted molar refractivity (Wildman–Crippen MR) is 79.8 cm³/mol. The number of hydrogen-bond donors (Lipinski definition) is 3. The van der Waals surface area contributed by atoms with Gasteiger partial charge in [-0.25, -0.2) is 9.11 Å². The molecule has 0 radical (unpaired) electrons. The van der Waals surface area contributed by atoms with E-state index in [9.17, 15) is 48.3 Å². The minimum Gasteiger partial charge on any atom is -0.790 e. The van der Waals surface area contributed by atoms with Gasteiger partial charge in [0.2, 0.25) is 0 Å². The summed E-state index contributed by atoms with van der Waals surface area (Å²) in [4.78, 5) is 58.2. The second-order valence-corrected chi connectivity index (χ2v) is 9.64. The van der Waals surface area contributed by atoms with E-state index in [1.165, 1.54) is 6.07 Å². The maximum atomic E-state index is 11.8. The molecule has 0 spiro atoms. The Morgan fingerprint density at radius 1 is 1.14 bits per heavy atom. The van der Waals surface area contributed by atoms with Gasteiger partial charge in [-0.15, -0.1) is 0 Å². The number of ether oxygens (including phenoxy) is 1. The van der Waals surface area contributed by atoms with E-state index in [4.69, 9.17) is 10.5 Å². The van der Waals surface area contributed by atoms with Crippen LogP contribution in [0.5, 0.6) is 0 Å². The fourth-order valence-electron chi connectivity index (χ4n) is 2.16. The highest BCUT2D eigenvalue weighted by Crippen LogP contribution is 2.60. The summed E-state index contributed by atoms with van der Waals surface area (Å²) in [5.74, 6) is -0.145. The normalized spacial score (nSPS) is 29.3. The number of anilines is 1. The average molecular weight is 479 g/mol. The largest absolute Gasteiger partial charge is 0.790 e. The van der Waals surface area contributed by atoms with Crippen LogP contribution in [-0.4, -0.2) is 44.7 Å². The van der Waals surface area contributed by atoms with Gasteiger partial charge in [0.05, 0.1) is 14.4 Å². The standard InChI is InChI=1S/C9H16N3O14P3/c10-5-1-2-12(9(15)11-5)8-7(14)6(13)4(24-8)3-23-28(19,20)26-29(21,22)25-27(16,17)18/h1-2,4,6-8,13-14H,3H2,(H,19,20)(H,21,22)(H2,10,11,15)(H2,16,17,18)/p-4. The van der Waals surface area contributed by atoms with Crippen LogP contribution in [0.4, 0.5) is 5.82 Å². The first-order valence-corrected chi connectivity index (χ1v) is 11.6. The Morgan fingerprint density at radius 2 is 1.76 bits per heavy atom. The van der Waals surface area contributed by atoms with E-state index < -0.39 is 60.3 Å². The molecular weight excluding hydrogens is 467 g/mol. The topological polar surface area (TPSA) is 282 Å². The van der Waals surface area contributed by atoms with Gasteiger partial charge in [0, 0.05) is 6.20 Å². The van der Waals surface area contributed by atoms with Crippen molar-refractivity contribution >= 4 is 29.3 Å². The number of aliphatic hydroxyl groups excluding tert-OH is 2. The average Bonchev–Trinajstić information content (AvgIpc) is 2.78. The van der Waals surface area contributed by atoms with E-state index in [1.807, 2.05) is 0 Å². The number of aromatic nitrogens is 2. The van der Waals surface area contributed by atoms with E-state index in [2.05, 4.69) is 18.1 Å². The van der Waals surface area contributed by atoms with Gasteiger partial charge in [0.1, 0.15) is 24.1 Å². The molecule has 1 aromatic rings. The zero-order chi connectivity index (χ0) is 22.2. The molecule has 20 heteroatoms. The van der Waals surface area contributed by atoms with Crippen LogP contribution in [0, 0.1) is 0 Å². The van der Waals surface area contributed by atoms with Crippen molar-refractivity contribution in [3.63, 3.8) is 0 Å². The molecule has 1 aromatic heterocycles. The predicted octanol–water partition coefficient (Wildman–Crippen LogP) is -4.74. The Bertz CT molecular complexity index is 946. The summed E-state index contributed by atoms with van der Waals surface area (Å²) in [5, 5.41) is 19.9. The van der Waals surface area contributed by atoms with Crippen molar-refractivity contribution in [2.45, 2.75) is 24.5 Å². The number of nitrogens with two attached hydrogens (primary N) is 1. The van der Waals surface area contributed by atoms with Crippen LogP contribution in [-0.2, 0) is 31.6 Å². The second-order valence-electron chi connectivity index (χ2n) is 5.39. The molecule has 2 heterocycles. The first-order chi connectivity index (χ1) is 13.1. The van der Waals surface area contributed by atoms with Crippen molar-refractivity contribution in [2.24, 2.45) is 0 Å². The maximum Gasteiger partial charge on any atom is 0.351 e. The first-order valence-electron chi connectivity index (χ1n) is 7.18. The van der Waals surface area contributed by atoms with Crippen LogP contribution in [0.3, 0.4) is 0 Å². The lowest BCUT2D eigenvalue weighted by atomic mass is 10.1. The van der Waals surface area contributed by atoms with Crippen molar-refractivity contribution in [3.05, 3.63) is 22.7 Å². The molecule has 2 rings (SSSR count). The molecule has 1 fully saturated rings. The Morgan fingerprint density at radius 3 is 2.31 bits per heavy atom. The Kier molecular flexibility index (Phi) is 7.20. The highest BCUT2D eigenvalue weighted by Gasteiger charge is 2.44. The second kappa shape index (κ2) is 8.61. The molecule has 1 aliphatic heterocycles. The molecule has 1 saturated heterocycles. The van der Waals surface area contributed by atoms with E-state index in [0.717, 1.165) is 10.8 Å². The van der Waals surface area contributed by atoms with Crippen LogP contribution < -0.4 is 31.0 Å². The zero-order valence-electron chi connectivity index (χ0n) is 13.8. The lowest BCUT2D eigenvalue weighted by Crippen LogP contribution is -2.36. The van der Waals surface area contributed by atoms with E-state index >= 15 is 0 Å². The minimum absolute atomic E-state index is 0.145. The van der Waals surface area contributed by atoms with Crippen molar-refractivity contribution in [3.8, 4) is 0 Å². The third-order valence-electron chi connectivity index (χ3n) is 3.26. The molecule has 0 bridgehead atoms. The fraction of sp³-hybridized carbons (Fsp3) is 0.556. The Hall–Kier alpha value is -1.03. The van der Waals surface area contributed by atoms with Crippen LogP contribution >= 0.6 is 23.5 Å². The summed E-state index contributed by atoms with van der Waals surface area (Å²) < 4.78 is 49.1.